The molecule has 0 bridgehead atoms. The van der Waals surface area contributed by atoms with Crippen molar-refractivity contribution in [3.63, 3.8) is 0 Å². The first-order chi connectivity index (χ1) is 15.7. The summed E-state index contributed by atoms with van der Waals surface area (Å²) in [7, 11) is 2.01. The van der Waals surface area contributed by atoms with E-state index in [0.717, 1.165) is 48.5 Å². The van der Waals surface area contributed by atoms with Crippen LogP contribution >= 0.6 is 0 Å². The number of pyridine rings is 1. The summed E-state index contributed by atoms with van der Waals surface area (Å²) in [6.45, 7) is 8.36. The standard InChI is InChI=1S/C26H33N3O3/c1-27-24-8-6-20(31-16-4-14-28-10-2-11-28)18-22(24)26(30)23-19-21(7-9-25(23)27)32-17-5-15-29-12-3-13-29/h6-9,18-19H,2-5,10-17H2,1H3. The van der Waals surface area contributed by atoms with Crippen LogP contribution in [0.4, 0.5) is 0 Å². The number of benzene rings is 2. The predicted octanol–water partition coefficient (Wildman–Crippen LogP) is 3.64. The first-order valence-corrected chi connectivity index (χ1v) is 12.0. The van der Waals surface area contributed by atoms with Gasteiger partial charge in [-0.15, -0.1) is 0 Å². The lowest BCUT2D eigenvalue weighted by Crippen LogP contribution is -2.38. The van der Waals surface area contributed by atoms with Crippen molar-refractivity contribution in [2.45, 2.75) is 25.7 Å². The van der Waals surface area contributed by atoms with Crippen LogP contribution in [0.15, 0.2) is 41.2 Å². The van der Waals surface area contributed by atoms with Crippen LogP contribution < -0.4 is 14.9 Å². The molecule has 170 valence electrons. The van der Waals surface area contributed by atoms with E-state index in [1.165, 1.54) is 39.0 Å². The lowest BCUT2D eigenvalue weighted by atomic mass is 10.1. The van der Waals surface area contributed by atoms with Crippen molar-refractivity contribution in [1.29, 1.82) is 0 Å². The van der Waals surface area contributed by atoms with Crippen molar-refractivity contribution in [2.75, 3.05) is 52.5 Å². The molecular formula is C26H33N3O3. The summed E-state index contributed by atoms with van der Waals surface area (Å²) < 4.78 is 14.0. The second-order valence-electron chi connectivity index (χ2n) is 9.04. The van der Waals surface area contributed by atoms with E-state index in [1.807, 2.05) is 43.4 Å². The van der Waals surface area contributed by atoms with Crippen LogP contribution in [0.1, 0.15) is 25.7 Å². The van der Waals surface area contributed by atoms with E-state index in [4.69, 9.17) is 9.47 Å². The molecule has 5 rings (SSSR count). The van der Waals surface area contributed by atoms with Gasteiger partial charge in [0, 0.05) is 30.9 Å². The second kappa shape index (κ2) is 9.51. The van der Waals surface area contributed by atoms with E-state index in [1.54, 1.807) is 0 Å². The van der Waals surface area contributed by atoms with E-state index in [-0.39, 0.29) is 5.43 Å². The third-order valence-electron chi connectivity index (χ3n) is 6.82. The molecule has 0 amide bonds. The number of nitrogens with zero attached hydrogens (tertiary/aromatic N) is 3. The molecule has 6 nitrogen and oxygen atoms in total. The summed E-state index contributed by atoms with van der Waals surface area (Å²) in [6.07, 6.45) is 4.64. The van der Waals surface area contributed by atoms with Crippen LogP contribution in [0.2, 0.25) is 0 Å². The molecule has 0 aliphatic carbocycles. The van der Waals surface area contributed by atoms with Gasteiger partial charge in [0.25, 0.3) is 0 Å². The summed E-state index contributed by atoms with van der Waals surface area (Å²) >= 11 is 0. The van der Waals surface area contributed by atoms with Gasteiger partial charge in [-0.25, -0.2) is 0 Å². The van der Waals surface area contributed by atoms with Gasteiger partial charge in [-0.2, -0.15) is 0 Å². The Hall–Kier alpha value is -2.57. The highest BCUT2D eigenvalue weighted by molar-refractivity contribution is 5.94. The van der Waals surface area contributed by atoms with Crippen molar-refractivity contribution in [1.82, 2.24) is 14.4 Å². The number of hydrogen-bond acceptors (Lipinski definition) is 5. The molecule has 3 aromatic rings. The predicted molar refractivity (Wildman–Crippen MR) is 129 cm³/mol. The van der Waals surface area contributed by atoms with Gasteiger partial charge >= 0.3 is 0 Å². The molecule has 0 unspecified atom stereocenters. The van der Waals surface area contributed by atoms with Crippen molar-refractivity contribution >= 4 is 21.8 Å². The Labute approximate surface area is 189 Å². The van der Waals surface area contributed by atoms with Gasteiger partial charge in [0.15, 0.2) is 5.43 Å². The largest absolute Gasteiger partial charge is 0.494 e. The van der Waals surface area contributed by atoms with Crippen LogP contribution in [0.3, 0.4) is 0 Å². The molecule has 0 saturated carbocycles. The smallest absolute Gasteiger partial charge is 0.197 e. The molecule has 0 N–H and O–H groups in total. The highest BCUT2D eigenvalue weighted by Crippen LogP contribution is 2.25. The maximum atomic E-state index is 13.3. The SMILES string of the molecule is Cn1c2ccc(OCCCN3CCC3)cc2c(=O)c2cc(OCCCN3CCC3)ccc21. The van der Waals surface area contributed by atoms with Crippen LogP contribution in [0.25, 0.3) is 21.8 Å². The minimum absolute atomic E-state index is 0.0326. The van der Waals surface area contributed by atoms with E-state index >= 15 is 0 Å². The van der Waals surface area contributed by atoms with E-state index < -0.39 is 0 Å². The van der Waals surface area contributed by atoms with E-state index in [2.05, 4.69) is 14.4 Å². The Bertz CT molecular complexity index is 1060. The number of rotatable bonds is 10. The summed E-state index contributed by atoms with van der Waals surface area (Å²) in [5.74, 6) is 1.52. The molecule has 6 heteroatoms. The Morgan fingerprint density at radius 3 is 1.62 bits per heavy atom. The normalized spacial score (nSPS) is 16.8. The first kappa shape index (κ1) is 21.3. The molecule has 0 spiro atoms. The van der Waals surface area contributed by atoms with Gasteiger partial charge in [0.1, 0.15) is 11.5 Å². The quantitative estimate of drug-likeness (QED) is 0.359. The number of hydrogen-bond donors (Lipinski definition) is 0. The zero-order valence-corrected chi connectivity index (χ0v) is 19.0. The fourth-order valence-electron chi connectivity index (χ4n) is 4.60. The minimum Gasteiger partial charge on any atom is -0.494 e. The summed E-state index contributed by atoms with van der Waals surface area (Å²) in [6, 6.07) is 11.7. The molecule has 32 heavy (non-hydrogen) atoms. The zero-order valence-electron chi connectivity index (χ0n) is 19.0. The molecular weight excluding hydrogens is 402 g/mol. The number of aromatic nitrogens is 1. The Morgan fingerprint density at radius 1 is 0.750 bits per heavy atom. The Morgan fingerprint density at radius 2 is 1.22 bits per heavy atom. The molecule has 2 aromatic carbocycles. The van der Waals surface area contributed by atoms with Gasteiger partial charge in [-0.1, -0.05) is 0 Å². The molecule has 1 aromatic heterocycles. The third-order valence-corrected chi connectivity index (χ3v) is 6.82. The molecule has 2 aliphatic rings. The van der Waals surface area contributed by atoms with E-state index in [0.29, 0.717) is 24.0 Å². The monoisotopic (exact) mass is 435 g/mol. The lowest BCUT2D eigenvalue weighted by Gasteiger charge is -2.30. The Kier molecular flexibility index (Phi) is 6.32. The van der Waals surface area contributed by atoms with Crippen LogP contribution in [0, 0.1) is 0 Å². The van der Waals surface area contributed by atoms with Crippen molar-refractivity contribution < 1.29 is 9.47 Å². The summed E-state index contributed by atoms with van der Waals surface area (Å²) in [5, 5.41) is 1.38. The average Bonchev–Trinajstić information content (AvgIpc) is 2.74. The van der Waals surface area contributed by atoms with Crippen molar-refractivity contribution in [3.8, 4) is 11.5 Å². The topological polar surface area (TPSA) is 46.9 Å². The van der Waals surface area contributed by atoms with Crippen molar-refractivity contribution in [3.05, 3.63) is 46.6 Å². The van der Waals surface area contributed by atoms with Crippen LogP contribution in [-0.4, -0.2) is 66.8 Å². The molecule has 0 atom stereocenters. The summed E-state index contributed by atoms with van der Waals surface area (Å²) in [5.41, 5.74) is 1.86. The highest BCUT2D eigenvalue weighted by atomic mass is 16.5. The fraction of sp³-hybridized carbons (Fsp3) is 0.500. The molecule has 2 aliphatic heterocycles. The third kappa shape index (κ3) is 4.48. The summed E-state index contributed by atoms with van der Waals surface area (Å²) in [4.78, 5) is 18.2. The molecule has 2 fully saturated rings. The zero-order chi connectivity index (χ0) is 21.9. The van der Waals surface area contributed by atoms with Gasteiger partial charge in [-0.05, 0) is 88.3 Å². The van der Waals surface area contributed by atoms with Crippen molar-refractivity contribution in [2.24, 2.45) is 7.05 Å². The maximum Gasteiger partial charge on any atom is 0.197 e. The maximum absolute atomic E-state index is 13.3. The number of fused-ring (bicyclic) bond motifs is 2. The number of likely N-dealkylation sites (tertiary alicyclic amines) is 2. The number of ether oxygens (including phenoxy) is 2. The second-order valence-corrected chi connectivity index (χ2v) is 9.04. The van der Waals surface area contributed by atoms with Gasteiger partial charge < -0.3 is 23.8 Å². The van der Waals surface area contributed by atoms with Gasteiger partial charge in [-0.3, -0.25) is 4.79 Å². The Balaban J connectivity index is 1.31. The molecule has 0 radical (unpaired) electrons. The number of aryl methyl sites for hydroxylation is 1. The van der Waals surface area contributed by atoms with Gasteiger partial charge in [0.2, 0.25) is 0 Å². The fourth-order valence-corrected chi connectivity index (χ4v) is 4.60. The minimum atomic E-state index is 0.0326. The lowest BCUT2D eigenvalue weighted by molar-refractivity contribution is 0.165. The molecule has 3 heterocycles. The first-order valence-electron chi connectivity index (χ1n) is 12.0. The molecule has 2 saturated heterocycles. The average molecular weight is 436 g/mol. The highest BCUT2D eigenvalue weighted by Gasteiger charge is 2.14. The van der Waals surface area contributed by atoms with E-state index in [9.17, 15) is 4.79 Å². The van der Waals surface area contributed by atoms with Gasteiger partial charge in [0.05, 0.1) is 24.2 Å². The van der Waals surface area contributed by atoms with Crippen LogP contribution in [-0.2, 0) is 7.05 Å². The van der Waals surface area contributed by atoms with Crippen LogP contribution in [0.5, 0.6) is 11.5 Å².